The van der Waals surface area contributed by atoms with Crippen LogP contribution >= 0.6 is 0 Å². The third kappa shape index (κ3) is 5.02. The molecular weight excluding hydrogens is 304 g/mol. The summed E-state index contributed by atoms with van der Waals surface area (Å²) >= 11 is 0. The largest absolute Gasteiger partial charge is 0.289 e. The molecule has 0 aliphatic heterocycles. The van der Waals surface area contributed by atoms with Crippen LogP contribution in [-0.2, 0) is 4.79 Å². The van der Waals surface area contributed by atoms with E-state index in [9.17, 15) is 4.79 Å². The first-order valence-electron chi connectivity index (χ1n) is 8.72. The Morgan fingerprint density at radius 3 is 1.52 bits per heavy atom. The van der Waals surface area contributed by atoms with Gasteiger partial charge in [0, 0.05) is 0 Å². The molecule has 1 aliphatic rings. The van der Waals surface area contributed by atoms with E-state index in [-0.39, 0.29) is 5.78 Å². The lowest BCUT2D eigenvalue weighted by molar-refractivity contribution is -0.113. The standard InChI is InChI=1S/C24H22O/c25-24-22(16-7-14-20-10-3-1-4-11-20)18-9-19-23(24)17-8-15-21-12-5-2-6-13-21/h1-8,10-17H,9,18-19H2/b14-7-,15-8+,22-16+,23-17+. The molecule has 2 aromatic rings. The van der Waals surface area contributed by atoms with E-state index >= 15 is 0 Å². The third-order valence-electron chi connectivity index (χ3n) is 4.25. The number of carbonyl (C=O) groups is 1. The number of rotatable bonds is 4. The molecule has 2 aromatic carbocycles. The minimum atomic E-state index is 0.182. The van der Waals surface area contributed by atoms with Crippen molar-refractivity contribution >= 4 is 17.9 Å². The van der Waals surface area contributed by atoms with Gasteiger partial charge in [0.1, 0.15) is 0 Å². The monoisotopic (exact) mass is 326 g/mol. The Morgan fingerprint density at radius 2 is 1.08 bits per heavy atom. The Kier molecular flexibility index (Phi) is 5.95. The van der Waals surface area contributed by atoms with Crippen LogP contribution < -0.4 is 0 Å². The second-order valence-corrected chi connectivity index (χ2v) is 6.11. The van der Waals surface area contributed by atoms with E-state index in [2.05, 4.69) is 24.3 Å². The van der Waals surface area contributed by atoms with Crippen LogP contribution in [0.15, 0.2) is 96.1 Å². The van der Waals surface area contributed by atoms with E-state index in [1.807, 2.05) is 72.9 Å². The van der Waals surface area contributed by atoms with Crippen LogP contribution in [0.4, 0.5) is 0 Å². The minimum Gasteiger partial charge on any atom is -0.289 e. The van der Waals surface area contributed by atoms with E-state index in [1.165, 1.54) is 0 Å². The average Bonchev–Trinajstić information content (AvgIpc) is 2.66. The van der Waals surface area contributed by atoms with Crippen molar-refractivity contribution in [1.29, 1.82) is 0 Å². The lowest BCUT2D eigenvalue weighted by Gasteiger charge is -2.15. The minimum absolute atomic E-state index is 0.182. The van der Waals surface area contributed by atoms with Gasteiger partial charge in [0.05, 0.1) is 0 Å². The van der Waals surface area contributed by atoms with Gasteiger partial charge in [0.25, 0.3) is 0 Å². The van der Waals surface area contributed by atoms with Crippen molar-refractivity contribution in [1.82, 2.24) is 0 Å². The summed E-state index contributed by atoms with van der Waals surface area (Å²) in [6, 6.07) is 20.3. The lowest BCUT2D eigenvalue weighted by atomic mass is 9.88. The molecule has 0 heterocycles. The highest BCUT2D eigenvalue weighted by Crippen LogP contribution is 2.25. The number of carbonyl (C=O) groups excluding carboxylic acids is 1. The van der Waals surface area contributed by atoms with Gasteiger partial charge in [-0.15, -0.1) is 0 Å². The van der Waals surface area contributed by atoms with Gasteiger partial charge in [-0.25, -0.2) is 0 Å². The number of benzene rings is 2. The van der Waals surface area contributed by atoms with E-state index < -0.39 is 0 Å². The molecular formula is C24H22O. The molecule has 0 N–H and O–H groups in total. The fourth-order valence-electron chi connectivity index (χ4n) is 2.90. The van der Waals surface area contributed by atoms with E-state index in [0.717, 1.165) is 41.5 Å². The highest BCUT2D eigenvalue weighted by molar-refractivity contribution is 6.09. The van der Waals surface area contributed by atoms with Crippen molar-refractivity contribution in [2.45, 2.75) is 19.3 Å². The SMILES string of the molecule is O=C1/C(=C/C=C\c2ccccc2)CCC/C1=C\C=C\c1ccccc1. The van der Waals surface area contributed by atoms with Crippen LogP contribution in [-0.4, -0.2) is 5.78 Å². The number of hydrogen-bond acceptors (Lipinski definition) is 1. The summed E-state index contributed by atoms with van der Waals surface area (Å²) in [5.74, 6) is 0.182. The summed E-state index contributed by atoms with van der Waals surface area (Å²) < 4.78 is 0. The second kappa shape index (κ2) is 8.79. The molecule has 3 rings (SSSR count). The van der Waals surface area contributed by atoms with Crippen molar-refractivity contribution in [2.75, 3.05) is 0 Å². The molecule has 0 spiro atoms. The summed E-state index contributed by atoms with van der Waals surface area (Å²) in [4.78, 5) is 12.6. The molecule has 0 unspecified atom stereocenters. The number of ketones is 1. The molecule has 0 radical (unpaired) electrons. The van der Waals surface area contributed by atoms with Gasteiger partial charge in [-0.3, -0.25) is 4.79 Å². The zero-order valence-electron chi connectivity index (χ0n) is 14.3. The number of allylic oxidation sites excluding steroid dienone is 6. The maximum Gasteiger partial charge on any atom is 0.184 e. The van der Waals surface area contributed by atoms with E-state index in [0.29, 0.717) is 0 Å². The lowest BCUT2D eigenvalue weighted by Crippen LogP contribution is -2.12. The summed E-state index contributed by atoms with van der Waals surface area (Å²) in [5.41, 5.74) is 4.09. The molecule has 0 aromatic heterocycles. The van der Waals surface area contributed by atoms with Crippen LogP contribution in [0.3, 0.4) is 0 Å². The van der Waals surface area contributed by atoms with E-state index in [1.54, 1.807) is 0 Å². The molecule has 1 saturated carbocycles. The molecule has 0 amide bonds. The molecule has 0 saturated heterocycles. The molecule has 1 heteroatoms. The molecule has 1 nitrogen and oxygen atoms in total. The van der Waals surface area contributed by atoms with Crippen molar-refractivity contribution in [3.8, 4) is 0 Å². The van der Waals surface area contributed by atoms with Crippen LogP contribution in [0.2, 0.25) is 0 Å². The number of Topliss-reactive ketones (excluding diaryl/α,β-unsaturated/α-hetero) is 1. The molecule has 0 atom stereocenters. The van der Waals surface area contributed by atoms with Crippen molar-refractivity contribution in [3.05, 3.63) is 107 Å². The first-order chi connectivity index (χ1) is 12.3. The molecule has 1 fully saturated rings. The zero-order valence-corrected chi connectivity index (χ0v) is 14.3. The highest BCUT2D eigenvalue weighted by atomic mass is 16.1. The van der Waals surface area contributed by atoms with Crippen LogP contribution in [0, 0.1) is 0 Å². The first kappa shape index (κ1) is 16.9. The van der Waals surface area contributed by atoms with Gasteiger partial charge < -0.3 is 0 Å². The predicted octanol–water partition coefficient (Wildman–Crippen LogP) is 6.02. The second-order valence-electron chi connectivity index (χ2n) is 6.11. The Labute approximate surface area is 149 Å². The summed E-state index contributed by atoms with van der Waals surface area (Å²) in [7, 11) is 0. The first-order valence-corrected chi connectivity index (χ1v) is 8.72. The van der Waals surface area contributed by atoms with Crippen molar-refractivity contribution in [2.24, 2.45) is 0 Å². The topological polar surface area (TPSA) is 17.1 Å². The quantitative estimate of drug-likeness (QED) is 0.628. The smallest absolute Gasteiger partial charge is 0.184 e. The molecule has 1 aliphatic carbocycles. The Bertz CT molecular complexity index is 751. The van der Waals surface area contributed by atoms with Gasteiger partial charge in [-0.05, 0) is 41.5 Å². The maximum absolute atomic E-state index is 12.6. The van der Waals surface area contributed by atoms with Gasteiger partial charge in [-0.1, -0.05) is 97.1 Å². The summed E-state index contributed by atoms with van der Waals surface area (Å²) in [6.07, 6.45) is 14.7. The zero-order chi connectivity index (χ0) is 17.3. The number of hydrogen-bond donors (Lipinski definition) is 0. The molecule has 0 bridgehead atoms. The van der Waals surface area contributed by atoms with Crippen molar-refractivity contribution < 1.29 is 4.79 Å². The van der Waals surface area contributed by atoms with Crippen molar-refractivity contribution in [3.63, 3.8) is 0 Å². The Balaban J connectivity index is 1.68. The summed E-state index contributed by atoms with van der Waals surface area (Å²) in [5, 5.41) is 0. The van der Waals surface area contributed by atoms with Gasteiger partial charge in [-0.2, -0.15) is 0 Å². The van der Waals surface area contributed by atoms with Gasteiger partial charge in [0.2, 0.25) is 0 Å². The third-order valence-corrected chi connectivity index (χ3v) is 4.25. The van der Waals surface area contributed by atoms with Crippen LogP contribution in [0.5, 0.6) is 0 Å². The fraction of sp³-hybridized carbons (Fsp3) is 0.125. The van der Waals surface area contributed by atoms with Gasteiger partial charge >= 0.3 is 0 Å². The Morgan fingerprint density at radius 1 is 0.640 bits per heavy atom. The average molecular weight is 326 g/mol. The van der Waals surface area contributed by atoms with E-state index in [4.69, 9.17) is 0 Å². The van der Waals surface area contributed by atoms with Crippen LogP contribution in [0.1, 0.15) is 30.4 Å². The normalized spacial score (nSPS) is 18.6. The fourth-order valence-corrected chi connectivity index (χ4v) is 2.90. The van der Waals surface area contributed by atoms with Crippen LogP contribution in [0.25, 0.3) is 12.2 Å². The summed E-state index contributed by atoms with van der Waals surface area (Å²) in [6.45, 7) is 0. The maximum atomic E-state index is 12.6. The van der Waals surface area contributed by atoms with Gasteiger partial charge in [0.15, 0.2) is 5.78 Å². The Hall–Kier alpha value is -2.93. The predicted molar refractivity (Wildman–Crippen MR) is 106 cm³/mol. The highest BCUT2D eigenvalue weighted by Gasteiger charge is 2.18. The molecule has 25 heavy (non-hydrogen) atoms. The molecule has 124 valence electrons.